The van der Waals surface area contributed by atoms with Gasteiger partial charge in [-0.25, -0.2) is 0 Å². The van der Waals surface area contributed by atoms with Crippen LogP contribution in [0.1, 0.15) is 38.3 Å². The lowest BCUT2D eigenvalue weighted by Gasteiger charge is -2.25. The molecule has 1 N–H and O–H groups in total. The van der Waals surface area contributed by atoms with Crippen molar-refractivity contribution in [3.05, 3.63) is 34.3 Å². The minimum absolute atomic E-state index is 0.418. The first-order chi connectivity index (χ1) is 8.70. The molecule has 100 valence electrons. The monoisotopic (exact) mass is 310 g/mol. The van der Waals surface area contributed by atoms with Crippen LogP contribution in [-0.2, 0) is 0 Å². The van der Waals surface area contributed by atoms with Crippen molar-refractivity contribution in [2.45, 2.75) is 38.8 Å². The van der Waals surface area contributed by atoms with E-state index in [1.165, 1.54) is 31.5 Å². The van der Waals surface area contributed by atoms with Crippen LogP contribution in [-0.4, -0.2) is 30.6 Å². The van der Waals surface area contributed by atoms with Gasteiger partial charge in [-0.15, -0.1) is 0 Å². The largest absolute Gasteiger partial charge is 0.309 e. The summed E-state index contributed by atoms with van der Waals surface area (Å²) >= 11 is 3.53. The molecule has 1 saturated heterocycles. The number of likely N-dealkylation sites (tertiary alicyclic amines) is 1. The molecule has 3 heteroatoms. The van der Waals surface area contributed by atoms with Crippen molar-refractivity contribution in [1.82, 2.24) is 10.2 Å². The fourth-order valence-corrected chi connectivity index (χ4v) is 3.17. The number of nitrogens with one attached hydrogen (secondary N) is 1. The summed E-state index contributed by atoms with van der Waals surface area (Å²) in [6.07, 6.45) is 2.69. The fourth-order valence-electron chi connectivity index (χ4n) is 2.75. The Kier molecular flexibility index (Phi) is 5.22. The highest BCUT2D eigenvalue weighted by molar-refractivity contribution is 9.10. The van der Waals surface area contributed by atoms with Crippen LogP contribution < -0.4 is 5.32 Å². The second-order valence-electron chi connectivity index (χ2n) is 5.11. The van der Waals surface area contributed by atoms with Gasteiger partial charge >= 0.3 is 0 Å². The average molecular weight is 311 g/mol. The Morgan fingerprint density at radius 1 is 1.50 bits per heavy atom. The Labute approximate surface area is 119 Å². The first-order valence-corrected chi connectivity index (χ1v) is 7.73. The molecule has 0 spiro atoms. The van der Waals surface area contributed by atoms with Gasteiger partial charge in [0.25, 0.3) is 0 Å². The van der Waals surface area contributed by atoms with E-state index in [1.807, 2.05) is 0 Å². The van der Waals surface area contributed by atoms with Crippen molar-refractivity contribution < 1.29 is 0 Å². The summed E-state index contributed by atoms with van der Waals surface area (Å²) in [6.45, 7) is 8.05. The number of nitrogens with zero attached hydrogens (tertiary/aromatic N) is 1. The molecule has 0 radical (unpaired) electrons. The molecule has 2 nitrogen and oxygen atoms in total. The first-order valence-electron chi connectivity index (χ1n) is 6.93. The fraction of sp³-hybridized carbons (Fsp3) is 0.600. The van der Waals surface area contributed by atoms with Gasteiger partial charge in [-0.3, -0.25) is 4.90 Å². The minimum atomic E-state index is 0.418. The third kappa shape index (κ3) is 3.56. The molecular weight excluding hydrogens is 288 g/mol. The van der Waals surface area contributed by atoms with Crippen LogP contribution in [0.25, 0.3) is 0 Å². The van der Waals surface area contributed by atoms with Crippen LogP contribution >= 0.6 is 15.9 Å². The lowest BCUT2D eigenvalue weighted by molar-refractivity contribution is 0.255. The average Bonchev–Trinajstić information content (AvgIpc) is 2.83. The SMILES string of the molecule is CCN1CCCC1CNC(C)c1cccc(Br)c1. The van der Waals surface area contributed by atoms with Gasteiger partial charge in [0.1, 0.15) is 0 Å². The summed E-state index contributed by atoms with van der Waals surface area (Å²) in [5.74, 6) is 0. The molecule has 0 amide bonds. The standard InChI is InChI=1S/C15H23BrN2/c1-3-18-9-5-8-15(18)11-17-12(2)13-6-4-7-14(16)10-13/h4,6-7,10,12,15,17H,3,5,8-9,11H2,1-2H3. The maximum Gasteiger partial charge on any atom is 0.0292 e. The van der Waals surface area contributed by atoms with Gasteiger partial charge in [-0.05, 0) is 50.6 Å². The van der Waals surface area contributed by atoms with Crippen molar-refractivity contribution in [3.8, 4) is 0 Å². The van der Waals surface area contributed by atoms with Gasteiger partial charge in [0.05, 0.1) is 0 Å². The number of hydrogen-bond donors (Lipinski definition) is 1. The number of benzene rings is 1. The number of likely N-dealkylation sites (N-methyl/N-ethyl adjacent to an activating group) is 1. The highest BCUT2D eigenvalue weighted by atomic mass is 79.9. The zero-order valence-electron chi connectivity index (χ0n) is 11.3. The maximum atomic E-state index is 3.67. The van der Waals surface area contributed by atoms with Gasteiger partial charge in [-0.1, -0.05) is 35.0 Å². The van der Waals surface area contributed by atoms with E-state index in [2.05, 4.69) is 64.3 Å². The Morgan fingerprint density at radius 2 is 2.33 bits per heavy atom. The summed E-state index contributed by atoms with van der Waals surface area (Å²) in [5, 5.41) is 3.67. The van der Waals surface area contributed by atoms with Crippen LogP contribution in [0, 0.1) is 0 Å². The van der Waals surface area contributed by atoms with Crippen molar-refractivity contribution in [3.63, 3.8) is 0 Å². The number of halogens is 1. The molecule has 1 aliphatic heterocycles. The highest BCUT2D eigenvalue weighted by Gasteiger charge is 2.22. The van der Waals surface area contributed by atoms with Crippen LogP contribution in [0.3, 0.4) is 0 Å². The van der Waals surface area contributed by atoms with E-state index in [4.69, 9.17) is 0 Å². The molecule has 1 heterocycles. The Morgan fingerprint density at radius 3 is 3.06 bits per heavy atom. The summed E-state index contributed by atoms with van der Waals surface area (Å²) in [7, 11) is 0. The molecule has 2 rings (SSSR count). The zero-order chi connectivity index (χ0) is 13.0. The second-order valence-corrected chi connectivity index (χ2v) is 6.03. The van der Waals surface area contributed by atoms with Crippen LogP contribution in [0.5, 0.6) is 0 Å². The summed E-state index contributed by atoms with van der Waals surface area (Å²) in [6, 6.07) is 9.71. The van der Waals surface area contributed by atoms with Crippen LogP contribution in [0.4, 0.5) is 0 Å². The predicted molar refractivity (Wildman–Crippen MR) is 80.8 cm³/mol. The third-order valence-electron chi connectivity index (χ3n) is 3.91. The highest BCUT2D eigenvalue weighted by Crippen LogP contribution is 2.20. The van der Waals surface area contributed by atoms with E-state index >= 15 is 0 Å². The molecule has 1 aliphatic rings. The Bertz CT molecular complexity index is 381. The van der Waals surface area contributed by atoms with Crippen LogP contribution in [0.2, 0.25) is 0 Å². The van der Waals surface area contributed by atoms with Crippen LogP contribution in [0.15, 0.2) is 28.7 Å². The quantitative estimate of drug-likeness (QED) is 0.894. The van der Waals surface area contributed by atoms with Gasteiger partial charge in [-0.2, -0.15) is 0 Å². The first kappa shape index (κ1) is 14.0. The minimum Gasteiger partial charge on any atom is -0.309 e. The normalized spacial score (nSPS) is 22.3. The van der Waals surface area contributed by atoms with E-state index in [9.17, 15) is 0 Å². The molecule has 0 saturated carbocycles. The summed E-state index contributed by atoms with van der Waals surface area (Å²) in [5.41, 5.74) is 1.35. The van der Waals surface area contributed by atoms with Gasteiger partial charge in [0.2, 0.25) is 0 Å². The molecule has 0 aromatic heterocycles. The van der Waals surface area contributed by atoms with Gasteiger partial charge < -0.3 is 5.32 Å². The van der Waals surface area contributed by atoms with E-state index < -0.39 is 0 Å². The van der Waals surface area contributed by atoms with E-state index in [1.54, 1.807) is 0 Å². The van der Waals surface area contributed by atoms with Crippen molar-refractivity contribution >= 4 is 15.9 Å². The van der Waals surface area contributed by atoms with Crippen molar-refractivity contribution in [1.29, 1.82) is 0 Å². The predicted octanol–water partition coefficient (Wildman–Crippen LogP) is 3.58. The number of rotatable bonds is 5. The molecule has 0 aliphatic carbocycles. The molecule has 0 bridgehead atoms. The number of hydrogen-bond acceptors (Lipinski definition) is 2. The zero-order valence-corrected chi connectivity index (χ0v) is 12.9. The molecular formula is C15H23BrN2. The maximum absolute atomic E-state index is 3.67. The van der Waals surface area contributed by atoms with E-state index in [0.29, 0.717) is 6.04 Å². The van der Waals surface area contributed by atoms with Gasteiger partial charge in [0, 0.05) is 23.1 Å². The molecule has 2 atom stereocenters. The topological polar surface area (TPSA) is 15.3 Å². The lowest BCUT2D eigenvalue weighted by Crippen LogP contribution is -2.38. The van der Waals surface area contributed by atoms with Crippen molar-refractivity contribution in [2.75, 3.05) is 19.6 Å². The molecule has 2 unspecified atom stereocenters. The summed E-state index contributed by atoms with van der Waals surface area (Å²) < 4.78 is 1.16. The van der Waals surface area contributed by atoms with Gasteiger partial charge in [0.15, 0.2) is 0 Å². The Balaban J connectivity index is 1.86. The van der Waals surface area contributed by atoms with E-state index in [-0.39, 0.29) is 0 Å². The second kappa shape index (κ2) is 6.69. The molecule has 1 aromatic carbocycles. The Hall–Kier alpha value is -0.380. The molecule has 1 fully saturated rings. The van der Waals surface area contributed by atoms with Crippen molar-refractivity contribution in [2.24, 2.45) is 0 Å². The van der Waals surface area contributed by atoms with E-state index in [0.717, 1.165) is 17.1 Å². The molecule has 1 aromatic rings. The smallest absolute Gasteiger partial charge is 0.0292 e. The molecule has 18 heavy (non-hydrogen) atoms. The lowest BCUT2D eigenvalue weighted by atomic mass is 10.1. The summed E-state index contributed by atoms with van der Waals surface area (Å²) in [4.78, 5) is 2.58. The third-order valence-corrected chi connectivity index (χ3v) is 4.41.